The maximum absolute atomic E-state index is 5.84. The molecule has 114 valence electrons. The molecule has 1 aliphatic heterocycles. The van der Waals surface area contributed by atoms with E-state index in [2.05, 4.69) is 24.1 Å². The molecule has 1 aromatic rings. The molecule has 0 aromatic carbocycles. The van der Waals surface area contributed by atoms with Gasteiger partial charge in [0.2, 0.25) is 0 Å². The summed E-state index contributed by atoms with van der Waals surface area (Å²) >= 11 is 1.79. The van der Waals surface area contributed by atoms with Crippen molar-refractivity contribution in [3.63, 3.8) is 0 Å². The van der Waals surface area contributed by atoms with Crippen LogP contribution in [0.5, 0.6) is 0 Å². The van der Waals surface area contributed by atoms with E-state index in [-0.39, 0.29) is 0 Å². The predicted molar refractivity (Wildman–Crippen MR) is 84.1 cm³/mol. The van der Waals surface area contributed by atoms with E-state index in [1.807, 2.05) is 0 Å². The fourth-order valence-corrected chi connectivity index (χ4v) is 3.28. The minimum atomic E-state index is 0.430. The number of hydrogen-bond acceptors (Lipinski definition) is 5. The van der Waals surface area contributed by atoms with Gasteiger partial charge in [-0.15, -0.1) is 11.3 Å². The van der Waals surface area contributed by atoms with E-state index in [0.29, 0.717) is 12.0 Å². The number of ether oxygens (including phenoxy) is 1. The number of rotatable bonds is 7. The zero-order chi connectivity index (χ0) is 14.4. The summed E-state index contributed by atoms with van der Waals surface area (Å²) in [6.45, 7) is 9.15. The molecule has 0 spiro atoms. The highest BCUT2D eigenvalue weighted by Crippen LogP contribution is 2.21. The first-order valence-corrected chi connectivity index (χ1v) is 8.55. The van der Waals surface area contributed by atoms with Gasteiger partial charge in [-0.1, -0.05) is 13.8 Å². The molecule has 1 aromatic heterocycles. The Labute approximate surface area is 126 Å². The molecule has 1 aliphatic rings. The quantitative estimate of drug-likeness (QED) is 0.786. The van der Waals surface area contributed by atoms with Crippen molar-refractivity contribution in [1.29, 1.82) is 0 Å². The van der Waals surface area contributed by atoms with Gasteiger partial charge < -0.3 is 10.5 Å². The lowest BCUT2D eigenvalue weighted by atomic mass is 10.1. The summed E-state index contributed by atoms with van der Waals surface area (Å²) in [6, 6.07) is 0. The molecule has 1 saturated heterocycles. The van der Waals surface area contributed by atoms with Gasteiger partial charge in [-0.2, -0.15) is 0 Å². The Morgan fingerprint density at radius 3 is 2.80 bits per heavy atom. The van der Waals surface area contributed by atoms with E-state index in [4.69, 9.17) is 15.5 Å². The van der Waals surface area contributed by atoms with Gasteiger partial charge in [0.25, 0.3) is 0 Å². The summed E-state index contributed by atoms with van der Waals surface area (Å²) in [6.07, 6.45) is 3.66. The van der Waals surface area contributed by atoms with Crippen LogP contribution in [-0.4, -0.2) is 42.2 Å². The molecule has 4 nitrogen and oxygen atoms in total. The number of aromatic nitrogens is 1. The fourth-order valence-electron chi connectivity index (χ4n) is 2.46. The molecule has 1 fully saturated rings. The molecule has 5 heteroatoms. The van der Waals surface area contributed by atoms with Crippen molar-refractivity contribution in [2.75, 3.05) is 26.2 Å². The van der Waals surface area contributed by atoms with Crippen molar-refractivity contribution in [3.8, 4) is 0 Å². The lowest BCUT2D eigenvalue weighted by Gasteiger charge is -2.31. The summed E-state index contributed by atoms with van der Waals surface area (Å²) in [5.74, 6) is 0.537. The molecule has 20 heavy (non-hydrogen) atoms. The first kappa shape index (κ1) is 15.9. The SMILES string of the molecule is CC(C)c1nc(CN2CCC(OCCCN)CC2)cs1. The molecule has 0 unspecified atom stereocenters. The highest BCUT2D eigenvalue weighted by molar-refractivity contribution is 7.09. The van der Waals surface area contributed by atoms with Crippen LogP contribution in [0.15, 0.2) is 5.38 Å². The Hall–Kier alpha value is -0.490. The van der Waals surface area contributed by atoms with Crippen LogP contribution in [0.25, 0.3) is 0 Å². The summed E-state index contributed by atoms with van der Waals surface area (Å²) in [5.41, 5.74) is 6.70. The van der Waals surface area contributed by atoms with Crippen LogP contribution in [0, 0.1) is 0 Å². The highest BCUT2D eigenvalue weighted by Gasteiger charge is 2.20. The first-order valence-electron chi connectivity index (χ1n) is 7.67. The van der Waals surface area contributed by atoms with E-state index in [0.717, 1.165) is 52.0 Å². The third kappa shape index (κ3) is 4.81. The van der Waals surface area contributed by atoms with Gasteiger partial charge in [0.15, 0.2) is 0 Å². The molecule has 0 saturated carbocycles. The second kappa shape index (κ2) is 8.08. The summed E-state index contributed by atoms with van der Waals surface area (Å²) in [7, 11) is 0. The second-order valence-corrected chi connectivity index (χ2v) is 6.71. The average molecular weight is 297 g/mol. The molecule has 2 rings (SSSR count). The Morgan fingerprint density at radius 2 is 2.20 bits per heavy atom. The third-order valence-corrected chi connectivity index (χ3v) is 4.88. The minimum absolute atomic E-state index is 0.430. The molecule has 2 N–H and O–H groups in total. The van der Waals surface area contributed by atoms with Gasteiger partial charge in [-0.05, 0) is 25.8 Å². The fraction of sp³-hybridized carbons (Fsp3) is 0.800. The van der Waals surface area contributed by atoms with E-state index >= 15 is 0 Å². The minimum Gasteiger partial charge on any atom is -0.378 e. The Balaban J connectivity index is 1.71. The summed E-state index contributed by atoms with van der Waals surface area (Å²) < 4.78 is 5.84. The number of nitrogens with zero attached hydrogens (tertiary/aromatic N) is 2. The maximum atomic E-state index is 5.84. The monoisotopic (exact) mass is 297 g/mol. The number of thiazole rings is 1. The largest absolute Gasteiger partial charge is 0.378 e. The van der Waals surface area contributed by atoms with Crippen molar-refractivity contribution < 1.29 is 4.74 Å². The smallest absolute Gasteiger partial charge is 0.0954 e. The molecule has 0 radical (unpaired) electrons. The van der Waals surface area contributed by atoms with Crippen molar-refractivity contribution in [3.05, 3.63) is 16.1 Å². The summed E-state index contributed by atoms with van der Waals surface area (Å²) in [5, 5.41) is 3.46. The van der Waals surface area contributed by atoms with Crippen LogP contribution in [0.3, 0.4) is 0 Å². The first-order chi connectivity index (χ1) is 9.69. The van der Waals surface area contributed by atoms with Gasteiger partial charge >= 0.3 is 0 Å². The zero-order valence-electron chi connectivity index (χ0n) is 12.7. The van der Waals surface area contributed by atoms with Crippen LogP contribution in [0.4, 0.5) is 0 Å². The molecular formula is C15H27N3OS. The predicted octanol–water partition coefficient (Wildman–Crippen LogP) is 2.60. The van der Waals surface area contributed by atoms with E-state index < -0.39 is 0 Å². The summed E-state index contributed by atoms with van der Waals surface area (Å²) in [4.78, 5) is 7.20. The van der Waals surface area contributed by atoms with Gasteiger partial charge in [-0.25, -0.2) is 4.98 Å². The number of likely N-dealkylation sites (tertiary alicyclic amines) is 1. The second-order valence-electron chi connectivity index (χ2n) is 5.82. The van der Waals surface area contributed by atoms with Gasteiger partial charge in [0.05, 0.1) is 16.8 Å². The molecular weight excluding hydrogens is 270 g/mol. The zero-order valence-corrected chi connectivity index (χ0v) is 13.5. The third-order valence-electron chi connectivity index (χ3n) is 3.69. The van der Waals surface area contributed by atoms with Crippen LogP contribution in [0.1, 0.15) is 49.7 Å². The van der Waals surface area contributed by atoms with Gasteiger partial charge in [0, 0.05) is 37.5 Å². The van der Waals surface area contributed by atoms with Crippen LogP contribution >= 0.6 is 11.3 Å². The Morgan fingerprint density at radius 1 is 1.45 bits per heavy atom. The Bertz CT molecular complexity index is 386. The standard InChI is InChI=1S/C15H27N3OS/c1-12(2)15-17-13(11-20-15)10-18-7-4-14(5-8-18)19-9-3-6-16/h11-12,14H,3-10,16H2,1-2H3. The van der Waals surface area contributed by atoms with Crippen LogP contribution in [-0.2, 0) is 11.3 Å². The molecule has 2 heterocycles. The maximum Gasteiger partial charge on any atom is 0.0954 e. The topological polar surface area (TPSA) is 51.4 Å². The lowest BCUT2D eigenvalue weighted by molar-refractivity contribution is 0.00543. The number of nitrogens with two attached hydrogens (primary N) is 1. The molecule has 0 atom stereocenters. The molecule has 0 bridgehead atoms. The van der Waals surface area contributed by atoms with Crippen molar-refractivity contribution in [2.24, 2.45) is 5.73 Å². The van der Waals surface area contributed by atoms with E-state index in [1.165, 1.54) is 10.7 Å². The van der Waals surface area contributed by atoms with Gasteiger partial charge in [0.1, 0.15) is 0 Å². The lowest BCUT2D eigenvalue weighted by Crippen LogP contribution is -2.36. The van der Waals surface area contributed by atoms with Crippen LogP contribution in [0.2, 0.25) is 0 Å². The number of hydrogen-bond donors (Lipinski definition) is 1. The molecule has 0 aliphatic carbocycles. The average Bonchev–Trinajstić information content (AvgIpc) is 2.90. The van der Waals surface area contributed by atoms with Crippen molar-refractivity contribution in [2.45, 2.75) is 51.7 Å². The van der Waals surface area contributed by atoms with E-state index in [1.54, 1.807) is 11.3 Å². The van der Waals surface area contributed by atoms with E-state index in [9.17, 15) is 0 Å². The van der Waals surface area contributed by atoms with Crippen molar-refractivity contribution >= 4 is 11.3 Å². The van der Waals surface area contributed by atoms with Crippen LogP contribution < -0.4 is 5.73 Å². The normalized spacial score (nSPS) is 18.0. The molecule has 0 amide bonds. The Kier molecular flexibility index (Phi) is 6.42. The highest BCUT2D eigenvalue weighted by atomic mass is 32.1. The van der Waals surface area contributed by atoms with Crippen molar-refractivity contribution in [1.82, 2.24) is 9.88 Å². The van der Waals surface area contributed by atoms with Gasteiger partial charge in [-0.3, -0.25) is 4.90 Å². The number of piperidine rings is 1.